The third-order valence-electron chi connectivity index (χ3n) is 0.603. The van der Waals surface area contributed by atoms with Gasteiger partial charge in [0.15, 0.2) is 0 Å². The molecule has 0 aliphatic carbocycles. The SMILES string of the molecule is CC(=O)O.CNC(=O)OC(C)(C)C. The van der Waals surface area contributed by atoms with E-state index in [9.17, 15) is 4.79 Å². The summed E-state index contributed by atoms with van der Waals surface area (Å²) in [6.07, 6.45) is -0.387. The number of carbonyl (C=O) groups is 2. The minimum Gasteiger partial charge on any atom is -0.481 e. The summed E-state index contributed by atoms with van der Waals surface area (Å²) in [5, 5.41) is 9.78. The Hall–Kier alpha value is -1.26. The number of alkyl carbamates (subject to hydrolysis) is 1. The molecule has 0 saturated carbocycles. The lowest BCUT2D eigenvalue weighted by molar-refractivity contribution is -0.134. The van der Waals surface area contributed by atoms with E-state index < -0.39 is 5.97 Å². The first kappa shape index (κ1) is 14.3. The zero-order valence-electron chi connectivity index (χ0n) is 8.67. The summed E-state index contributed by atoms with van der Waals surface area (Å²) < 4.78 is 4.84. The first-order chi connectivity index (χ1) is 5.69. The second kappa shape index (κ2) is 6.28. The van der Waals surface area contributed by atoms with Crippen LogP contribution in [-0.4, -0.2) is 29.8 Å². The van der Waals surface area contributed by atoms with E-state index >= 15 is 0 Å². The molecule has 0 rings (SSSR count). The van der Waals surface area contributed by atoms with Gasteiger partial charge in [-0.05, 0) is 20.8 Å². The predicted octanol–water partition coefficient (Wildman–Crippen LogP) is 1.23. The lowest BCUT2D eigenvalue weighted by atomic mass is 10.2. The lowest BCUT2D eigenvalue weighted by Crippen LogP contribution is -2.30. The number of carboxylic acids is 1. The van der Waals surface area contributed by atoms with Gasteiger partial charge in [0.05, 0.1) is 0 Å². The zero-order chi connectivity index (χ0) is 11.1. The third kappa shape index (κ3) is 24.9. The third-order valence-corrected chi connectivity index (χ3v) is 0.603. The van der Waals surface area contributed by atoms with E-state index in [0.29, 0.717) is 0 Å². The highest BCUT2D eigenvalue weighted by atomic mass is 16.6. The average Bonchev–Trinajstić information content (AvgIpc) is 1.82. The molecule has 0 heterocycles. The van der Waals surface area contributed by atoms with E-state index in [1.54, 1.807) is 0 Å². The molecule has 0 aliphatic heterocycles. The molecule has 0 spiro atoms. The molecular formula is C8H17NO4. The highest BCUT2D eigenvalue weighted by molar-refractivity contribution is 5.67. The van der Waals surface area contributed by atoms with Crippen molar-refractivity contribution in [1.29, 1.82) is 0 Å². The topological polar surface area (TPSA) is 75.6 Å². The van der Waals surface area contributed by atoms with Crippen LogP contribution in [0.3, 0.4) is 0 Å². The van der Waals surface area contributed by atoms with E-state index in [-0.39, 0.29) is 11.7 Å². The van der Waals surface area contributed by atoms with Gasteiger partial charge in [0.2, 0.25) is 0 Å². The lowest BCUT2D eigenvalue weighted by Gasteiger charge is -2.18. The van der Waals surface area contributed by atoms with Crippen molar-refractivity contribution >= 4 is 12.1 Å². The number of carboxylic acid groups (broad SMARTS) is 1. The molecule has 13 heavy (non-hydrogen) atoms. The van der Waals surface area contributed by atoms with Crippen molar-refractivity contribution < 1.29 is 19.4 Å². The largest absolute Gasteiger partial charge is 0.481 e. The summed E-state index contributed by atoms with van der Waals surface area (Å²) in [5.74, 6) is -0.833. The van der Waals surface area contributed by atoms with Gasteiger partial charge in [0.1, 0.15) is 5.60 Å². The van der Waals surface area contributed by atoms with Gasteiger partial charge in [-0.2, -0.15) is 0 Å². The van der Waals surface area contributed by atoms with E-state index in [4.69, 9.17) is 14.6 Å². The maximum Gasteiger partial charge on any atom is 0.407 e. The first-order valence-electron chi connectivity index (χ1n) is 3.79. The molecule has 78 valence electrons. The number of hydrogen-bond acceptors (Lipinski definition) is 3. The van der Waals surface area contributed by atoms with Gasteiger partial charge < -0.3 is 15.2 Å². The van der Waals surface area contributed by atoms with E-state index in [1.807, 2.05) is 20.8 Å². The van der Waals surface area contributed by atoms with E-state index in [2.05, 4.69) is 5.32 Å². The maximum atomic E-state index is 10.5. The molecule has 0 aliphatic rings. The second-order valence-electron chi connectivity index (χ2n) is 3.27. The van der Waals surface area contributed by atoms with Crippen LogP contribution >= 0.6 is 0 Å². The van der Waals surface area contributed by atoms with Crippen molar-refractivity contribution in [3.8, 4) is 0 Å². The minimum atomic E-state index is -0.833. The summed E-state index contributed by atoms with van der Waals surface area (Å²) in [6.45, 7) is 6.55. The fourth-order valence-electron chi connectivity index (χ4n) is 0.329. The van der Waals surface area contributed by atoms with Crippen LogP contribution in [0.4, 0.5) is 4.79 Å². The normalized spacial score (nSPS) is 9.31. The molecular weight excluding hydrogens is 174 g/mol. The number of rotatable bonds is 0. The Bertz CT molecular complexity index is 167. The minimum absolute atomic E-state index is 0.387. The fraction of sp³-hybridized carbons (Fsp3) is 0.750. The molecule has 0 fully saturated rings. The Kier molecular flexibility index (Phi) is 6.89. The van der Waals surface area contributed by atoms with Gasteiger partial charge in [-0.25, -0.2) is 4.79 Å². The number of ether oxygens (including phenoxy) is 1. The average molecular weight is 191 g/mol. The number of amides is 1. The number of carbonyl (C=O) groups excluding carboxylic acids is 1. The predicted molar refractivity (Wildman–Crippen MR) is 48.6 cm³/mol. The number of nitrogens with one attached hydrogen (secondary N) is 1. The van der Waals surface area contributed by atoms with Crippen molar-refractivity contribution in [3.05, 3.63) is 0 Å². The van der Waals surface area contributed by atoms with Crippen molar-refractivity contribution in [3.63, 3.8) is 0 Å². The molecule has 2 N–H and O–H groups in total. The summed E-state index contributed by atoms with van der Waals surface area (Å²) in [5.41, 5.74) is -0.389. The second-order valence-corrected chi connectivity index (χ2v) is 3.27. The fourth-order valence-corrected chi connectivity index (χ4v) is 0.329. The van der Waals surface area contributed by atoms with Crippen LogP contribution in [0.1, 0.15) is 27.7 Å². The Balaban J connectivity index is 0. The standard InChI is InChI=1S/C6H13NO2.C2H4O2/c1-6(2,3)9-5(8)7-4;1-2(3)4/h1-4H3,(H,7,8);1H3,(H,3,4). The molecule has 0 radical (unpaired) electrons. The first-order valence-corrected chi connectivity index (χ1v) is 3.79. The Morgan fingerprint density at radius 2 is 1.62 bits per heavy atom. The van der Waals surface area contributed by atoms with Crippen LogP contribution in [-0.2, 0) is 9.53 Å². The number of aliphatic carboxylic acids is 1. The van der Waals surface area contributed by atoms with Crippen LogP contribution in [0.25, 0.3) is 0 Å². The molecule has 0 aromatic carbocycles. The van der Waals surface area contributed by atoms with Crippen molar-refractivity contribution in [1.82, 2.24) is 5.32 Å². The van der Waals surface area contributed by atoms with Gasteiger partial charge in [0, 0.05) is 14.0 Å². The van der Waals surface area contributed by atoms with E-state index in [0.717, 1.165) is 6.92 Å². The molecule has 0 aromatic heterocycles. The van der Waals surface area contributed by atoms with Crippen molar-refractivity contribution in [2.24, 2.45) is 0 Å². The van der Waals surface area contributed by atoms with Crippen molar-refractivity contribution in [2.75, 3.05) is 7.05 Å². The molecule has 0 unspecified atom stereocenters. The Morgan fingerprint density at radius 1 is 1.31 bits per heavy atom. The van der Waals surface area contributed by atoms with E-state index in [1.165, 1.54) is 7.05 Å². The number of hydrogen-bond donors (Lipinski definition) is 2. The van der Waals surface area contributed by atoms with Gasteiger partial charge in [-0.1, -0.05) is 0 Å². The van der Waals surface area contributed by atoms with Crippen LogP contribution in [0, 0.1) is 0 Å². The molecule has 0 bridgehead atoms. The van der Waals surface area contributed by atoms with Gasteiger partial charge in [0.25, 0.3) is 5.97 Å². The molecule has 0 atom stereocenters. The summed E-state index contributed by atoms with van der Waals surface area (Å²) >= 11 is 0. The van der Waals surface area contributed by atoms with Crippen LogP contribution < -0.4 is 5.32 Å². The molecule has 5 nitrogen and oxygen atoms in total. The van der Waals surface area contributed by atoms with Gasteiger partial charge in [-0.15, -0.1) is 0 Å². The monoisotopic (exact) mass is 191 g/mol. The van der Waals surface area contributed by atoms with Crippen LogP contribution in [0.2, 0.25) is 0 Å². The quantitative estimate of drug-likeness (QED) is 0.603. The zero-order valence-corrected chi connectivity index (χ0v) is 8.67. The van der Waals surface area contributed by atoms with Crippen LogP contribution in [0.15, 0.2) is 0 Å². The highest BCUT2D eigenvalue weighted by Crippen LogP contribution is 2.05. The van der Waals surface area contributed by atoms with Crippen molar-refractivity contribution in [2.45, 2.75) is 33.3 Å². The van der Waals surface area contributed by atoms with Gasteiger partial charge in [-0.3, -0.25) is 4.79 Å². The molecule has 0 saturated heterocycles. The Labute approximate surface area is 78.1 Å². The highest BCUT2D eigenvalue weighted by Gasteiger charge is 2.13. The maximum absolute atomic E-state index is 10.5. The summed E-state index contributed by atoms with van der Waals surface area (Å²) in [6, 6.07) is 0. The van der Waals surface area contributed by atoms with Gasteiger partial charge >= 0.3 is 6.09 Å². The Morgan fingerprint density at radius 3 is 1.69 bits per heavy atom. The molecule has 0 aromatic rings. The smallest absolute Gasteiger partial charge is 0.407 e. The molecule has 5 heteroatoms. The van der Waals surface area contributed by atoms with Crippen LogP contribution in [0.5, 0.6) is 0 Å². The summed E-state index contributed by atoms with van der Waals surface area (Å²) in [4.78, 5) is 19.5. The summed E-state index contributed by atoms with van der Waals surface area (Å²) in [7, 11) is 1.54. The molecule has 1 amide bonds.